The second-order valence-electron chi connectivity index (χ2n) is 4.02. The van der Waals surface area contributed by atoms with Crippen LogP contribution < -0.4 is 5.32 Å². The molecule has 0 spiro atoms. The van der Waals surface area contributed by atoms with Gasteiger partial charge in [-0.3, -0.25) is 0 Å². The van der Waals surface area contributed by atoms with Gasteiger partial charge < -0.3 is 5.32 Å². The predicted octanol–water partition coefficient (Wildman–Crippen LogP) is 3.76. The maximum Gasteiger partial charge on any atom is 0.148 e. The Morgan fingerprint density at radius 3 is 2.88 bits per heavy atom. The van der Waals surface area contributed by atoms with Crippen molar-refractivity contribution in [3.8, 4) is 0 Å². The summed E-state index contributed by atoms with van der Waals surface area (Å²) in [6.45, 7) is 5.39. The van der Waals surface area contributed by atoms with Crippen LogP contribution in [-0.2, 0) is 0 Å². The molecule has 0 amide bonds. The Hall–Kier alpha value is -0.830. The van der Waals surface area contributed by atoms with E-state index in [0.29, 0.717) is 10.9 Å². The predicted molar refractivity (Wildman–Crippen MR) is 68.8 cm³/mol. The van der Waals surface area contributed by atoms with Gasteiger partial charge in [0.2, 0.25) is 0 Å². The molecule has 0 aliphatic heterocycles. The largest absolute Gasteiger partial charge is 0.368 e. The second-order valence-corrected chi connectivity index (χ2v) is 4.42. The van der Waals surface area contributed by atoms with Crippen molar-refractivity contribution in [2.45, 2.75) is 39.5 Å². The minimum Gasteiger partial charge on any atom is -0.368 e. The summed E-state index contributed by atoms with van der Waals surface area (Å²) in [6.07, 6.45) is 8.13. The van der Waals surface area contributed by atoms with Crippen molar-refractivity contribution in [2.75, 3.05) is 11.9 Å². The van der Waals surface area contributed by atoms with Gasteiger partial charge in [0, 0.05) is 6.54 Å². The number of hydrogen-bond donors (Lipinski definition) is 1. The Morgan fingerprint density at radius 2 is 2.25 bits per heavy atom. The van der Waals surface area contributed by atoms with Crippen LogP contribution in [0.3, 0.4) is 0 Å². The number of rotatable bonds is 7. The third kappa shape index (κ3) is 4.35. The third-order valence-electron chi connectivity index (χ3n) is 2.77. The summed E-state index contributed by atoms with van der Waals surface area (Å²) < 4.78 is 0. The summed E-state index contributed by atoms with van der Waals surface area (Å²) in [4.78, 5) is 7.97. The molecule has 0 aromatic carbocycles. The zero-order valence-corrected chi connectivity index (χ0v) is 10.8. The minimum atomic E-state index is 0.591. The third-order valence-corrected chi connectivity index (χ3v) is 3.05. The fourth-order valence-electron chi connectivity index (χ4n) is 1.63. The van der Waals surface area contributed by atoms with Gasteiger partial charge in [-0.1, -0.05) is 44.7 Å². The van der Waals surface area contributed by atoms with E-state index in [4.69, 9.17) is 11.6 Å². The van der Waals surface area contributed by atoms with Gasteiger partial charge in [0.1, 0.15) is 17.2 Å². The lowest BCUT2D eigenvalue weighted by atomic mass is 9.99. The van der Waals surface area contributed by atoms with E-state index < -0.39 is 0 Å². The van der Waals surface area contributed by atoms with E-state index in [9.17, 15) is 0 Å². The summed E-state index contributed by atoms with van der Waals surface area (Å²) >= 11 is 5.97. The Kier molecular flexibility index (Phi) is 6.16. The lowest BCUT2D eigenvalue weighted by Gasteiger charge is -2.15. The van der Waals surface area contributed by atoms with Crippen LogP contribution in [0.4, 0.5) is 5.82 Å². The van der Waals surface area contributed by atoms with Gasteiger partial charge in [0.15, 0.2) is 0 Å². The highest BCUT2D eigenvalue weighted by atomic mass is 35.5. The Bertz CT molecular complexity index is 304. The molecule has 1 heterocycles. The number of unbranched alkanes of at least 4 members (excludes halogenated alkanes) is 1. The molecule has 0 fully saturated rings. The quantitative estimate of drug-likeness (QED) is 0.790. The lowest BCUT2D eigenvalue weighted by molar-refractivity contribution is 0.472. The summed E-state index contributed by atoms with van der Waals surface area (Å²) in [5.74, 6) is 1.44. The van der Waals surface area contributed by atoms with E-state index in [1.165, 1.54) is 32.0 Å². The molecular formula is C12H20ClN3. The number of anilines is 1. The van der Waals surface area contributed by atoms with Crippen molar-refractivity contribution < 1.29 is 0 Å². The highest BCUT2D eigenvalue weighted by molar-refractivity contribution is 6.32. The van der Waals surface area contributed by atoms with Crippen molar-refractivity contribution in [3.63, 3.8) is 0 Å². The molecule has 1 unspecified atom stereocenters. The second kappa shape index (κ2) is 7.44. The number of hydrogen-bond acceptors (Lipinski definition) is 3. The van der Waals surface area contributed by atoms with Crippen LogP contribution in [0.2, 0.25) is 5.02 Å². The summed E-state index contributed by atoms with van der Waals surface area (Å²) in [7, 11) is 0. The molecule has 1 atom stereocenters. The average molecular weight is 242 g/mol. The van der Waals surface area contributed by atoms with Crippen LogP contribution in [-0.4, -0.2) is 16.5 Å². The molecule has 0 aliphatic rings. The maximum atomic E-state index is 5.97. The van der Waals surface area contributed by atoms with E-state index >= 15 is 0 Å². The molecule has 1 aromatic rings. The topological polar surface area (TPSA) is 37.8 Å². The molecule has 0 radical (unpaired) electrons. The molecule has 0 aliphatic carbocycles. The highest BCUT2D eigenvalue weighted by Gasteiger charge is 2.07. The fourth-order valence-corrected chi connectivity index (χ4v) is 1.80. The number of aromatic nitrogens is 2. The molecule has 0 saturated carbocycles. The summed E-state index contributed by atoms with van der Waals surface area (Å²) in [5, 5.41) is 3.88. The van der Waals surface area contributed by atoms with Crippen LogP contribution in [0.25, 0.3) is 0 Å². The van der Waals surface area contributed by atoms with E-state index in [1.807, 2.05) is 0 Å². The van der Waals surface area contributed by atoms with Crippen LogP contribution in [0, 0.1) is 5.92 Å². The highest BCUT2D eigenvalue weighted by Crippen LogP contribution is 2.18. The minimum absolute atomic E-state index is 0.591. The molecule has 0 bridgehead atoms. The van der Waals surface area contributed by atoms with Crippen molar-refractivity contribution in [1.82, 2.24) is 9.97 Å². The Labute approximate surface area is 103 Å². The SMILES string of the molecule is CCCCC(CC)CNc1ncncc1Cl. The van der Waals surface area contributed by atoms with E-state index in [-0.39, 0.29) is 0 Å². The van der Waals surface area contributed by atoms with Gasteiger partial charge in [-0.15, -0.1) is 0 Å². The normalized spacial score (nSPS) is 12.4. The van der Waals surface area contributed by atoms with E-state index in [0.717, 1.165) is 12.4 Å². The first-order valence-corrected chi connectivity index (χ1v) is 6.35. The van der Waals surface area contributed by atoms with Crippen LogP contribution >= 0.6 is 11.6 Å². The molecule has 1 aromatic heterocycles. The maximum absolute atomic E-state index is 5.97. The first-order valence-electron chi connectivity index (χ1n) is 5.97. The number of nitrogens with one attached hydrogen (secondary N) is 1. The molecule has 16 heavy (non-hydrogen) atoms. The van der Waals surface area contributed by atoms with E-state index in [1.54, 1.807) is 6.20 Å². The first-order chi connectivity index (χ1) is 7.77. The molecule has 4 heteroatoms. The molecule has 1 rings (SSSR count). The molecule has 1 N–H and O–H groups in total. The Morgan fingerprint density at radius 1 is 1.44 bits per heavy atom. The smallest absolute Gasteiger partial charge is 0.148 e. The standard InChI is InChI=1S/C12H20ClN3/c1-3-5-6-10(4-2)7-15-12-11(13)8-14-9-16-12/h8-10H,3-7H2,1-2H3,(H,14,15,16). The van der Waals surface area contributed by atoms with Gasteiger partial charge in [0.05, 0.1) is 6.20 Å². The average Bonchev–Trinajstić information content (AvgIpc) is 2.31. The van der Waals surface area contributed by atoms with Crippen molar-refractivity contribution in [2.24, 2.45) is 5.92 Å². The summed E-state index contributed by atoms with van der Waals surface area (Å²) in [5.41, 5.74) is 0. The zero-order chi connectivity index (χ0) is 11.8. The lowest BCUT2D eigenvalue weighted by Crippen LogP contribution is -2.14. The molecule has 3 nitrogen and oxygen atoms in total. The first kappa shape index (κ1) is 13.2. The molecule has 90 valence electrons. The van der Waals surface area contributed by atoms with Crippen molar-refractivity contribution >= 4 is 17.4 Å². The van der Waals surface area contributed by atoms with Gasteiger partial charge in [-0.25, -0.2) is 9.97 Å². The van der Waals surface area contributed by atoms with Gasteiger partial charge in [-0.05, 0) is 12.3 Å². The van der Waals surface area contributed by atoms with Gasteiger partial charge >= 0.3 is 0 Å². The van der Waals surface area contributed by atoms with Crippen LogP contribution in [0.1, 0.15) is 39.5 Å². The van der Waals surface area contributed by atoms with Crippen LogP contribution in [0.5, 0.6) is 0 Å². The number of halogens is 1. The zero-order valence-electron chi connectivity index (χ0n) is 10.0. The monoisotopic (exact) mass is 241 g/mol. The van der Waals surface area contributed by atoms with Crippen LogP contribution in [0.15, 0.2) is 12.5 Å². The van der Waals surface area contributed by atoms with E-state index in [2.05, 4.69) is 29.1 Å². The Balaban J connectivity index is 2.40. The fraction of sp³-hybridized carbons (Fsp3) is 0.667. The van der Waals surface area contributed by atoms with Gasteiger partial charge in [-0.2, -0.15) is 0 Å². The van der Waals surface area contributed by atoms with Gasteiger partial charge in [0.25, 0.3) is 0 Å². The van der Waals surface area contributed by atoms with Crippen molar-refractivity contribution in [3.05, 3.63) is 17.5 Å². The van der Waals surface area contributed by atoms with Crippen molar-refractivity contribution in [1.29, 1.82) is 0 Å². The number of nitrogens with zero attached hydrogens (tertiary/aromatic N) is 2. The molecular weight excluding hydrogens is 222 g/mol. The summed E-state index contributed by atoms with van der Waals surface area (Å²) in [6, 6.07) is 0. The molecule has 0 saturated heterocycles.